The molecule has 1 radical (unpaired) electrons. The largest absolute Gasteiger partial charge is 0.0648 e. The predicted molar refractivity (Wildman–Crippen MR) is 78.3 cm³/mol. The Morgan fingerprint density at radius 2 is 1.67 bits per heavy atom. The fourth-order valence-electron chi connectivity index (χ4n) is 0.952. The van der Waals surface area contributed by atoms with Gasteiger partial charge >= 0.3 is 0 Å². The summed E-state index contributed by atoms with van der Waals surface area (Å²) in [5.41, 5.74) is 1.39. The molecule has 0 aliphatic rings. The molecule has 1 rings (SSSR count). The second kappa shape index (κ2) is 5.33. The van der Waals surface area contributed by atoms with Crippen molar-refractivity contribution in [2.45, 2.75) is 13.3 Å². The van der Waals surface area contributed by atoms with Crippen molar-refractivity contribution < 1.29 is 0 Å². The van der Waals surface area contributed by atoms with Crippen LogP contribution >= 0.6 is 67.8 Å². The van der Waals surface area contributed by atoms with Gasteiger partial charge in [0, 0.05) is 10.7 Å². The Bertz CT molecular complexity index is 258. The molecule has 1 aromatic carbocycles. The van der Waals surface area contributed by atoms with Crippen molar-refractivity contribution in [2.75, 3.05) is 0 Å². The smallest absolute Gasteiger partial charge is 0.0186 e. The molecule has 0 fully saturated rings. The fraction of sp³-hybridized carbons (Fsp3) is 0.222. The lowest BCUT2D eigenvalue weighted by Crippen LogP contribution is -1.91. The monoisotopic (exact) mass is 497 g/mol. The first-order valence-electron chi connectivity index (χ1n) is 3.63. The number of rotatable bonds is 2. The Labute approximate surface area is 114 Å². The van der Waals surface area contributed by atoms with Gasteiger partial charge in [0.15, 0.2) is 0 Å². The van der Waals surface area contributed by atoms with E-state index in [0.29, 0.717) is 0 Å². The molecule has 0 spiro atoms. The normalized spacial score (nSPS) is 10.3. The standard InChI is InChI=1S/C9H8I3/c1-2-3-7-8(11)4-6(10)5-9(7)12/h3-5H,2H2,1H3. The van der Waals surface area contributed by atoms with Gasteiger partial charge in [-0.1, -0.05) is 6.92 Å². The van der Waals surface area contributed by atoms with E-state index in [1.165, 1.54) is 16.3 Å². The van der Waals surface area contributed by atoms with Crippen molar-refractivity contribution >= 4 is 67.8 Å². The Hall–Kier alpha value is 1.41. The van der Waals surface area contributed by atoms with E-state index in [9.17, 15) is 0 Å². The zero-order valence-corrected chi connectivity index (χ0v) is 13.0. The maximum atomic E-state index is 2.39. The minimum atomic E-state index is 1.10. The lowest BCUT2D eigenvalue weighted by molar-refractivity contribution is 1.11. The molecule has 0 nitrogen and oxygen atoms in total. The molecule has 0 aromatic heterocycles. The Balaban J connectivity index is 3.10. The predicted octanol–water partition coefficient (Wildman–Crippen LogP) is 4.46. The van der Waals surface area contributed by atoms with Crippen molar-refractivity contribution in [3.63, 3.8) is 0 Å². The van der Waals surface area contributed by atoms with Gasteiger partial charge in [-0.05, 0) is 98.3 Å². The molecule has 1 aromatic rings. The maximum absolute atomic E-state index is 2.39. The van der Waals surface area contributed by atoms with E-state index < -0.39 is 0 Å². The fourth-order valence-corrected chi connectivity index (χ4v) is 4.98. The van der Waals surface area contributed by atoms with Gasteiger partial charge in [-0.2, -0.15) is 0 Å². The van der Waals surface area contributed by atoms with E-state index in [2.05, 4.69) is 93.2 Å². The van der Waals surface area contributed by atoms with Crippen LogP contribution in [0.3, 0.4) is 0 Å². The molecule has 65 valence electrons. The van der Waals surface area contributed by atoms with Crippen LogP contribution in [-0.4, -0.2) is 0 Å². The zero-order valence-electron chi connectivity index (χ0n) is 6.57. The van der Waals surface area contributed by atoms with Crippen LogP contribution < -0.4 is 0 Å². The van der Waals surface area contributed by atoms with Crippen LogP contribution in [0.25, 0.3) is 0 Å². The molecule has 12 heavy (non-hydrogen) atoms. The molecular formula is C9H8I3. The molecule has 0 aliphatic carbocycles. The van der Waals surface area contributed by atoms with E-state index in [4.69, 9.17) is 0 Å². The summed E-state index contributed by atoms with van der Waals surface area (Å²) in [5.74, 6) is 0. The molecule has 0 aliphatic heterocycles. The molecule has 0 N–H and O–H groups in total. The summed E-state index contributed by atoms with van der Waals surface area (Å²) in [4.78, 5) is 0. The molecule has 0 unspecified atom stereocenters. The highest BCUT2D eigenvalue weighted by molar-refractivity contribution is 14.1. The SMILES string of the molecule is CC[CH]c1c(I)cc(I)cc1I. The van der Waals surface area contributed by atoms with E-state index in [-0.39, 0.29) is 0 Å². The summed E-state index contributed by atoms with van der Waals surface area (Å²) in [5, 5.41) is 0. The highest BCUT2D eigenvalue weighted by Gasteiger charge is 2.04. The highest BCUT2D eigenvalue weighted by atomic mass is 127. The molecule has 0 amide bonds. The Kier molecular flexibility index (Phi) is 5.10. The van der Waals surface area contributed by atoms with Gasteiger partial charge in [0.25, 0.3) is 0 Å². The quantitative estimate of drug-likeness (QED) is 0.530. The average Bonchev–Trinajstić information content (AvgIpc) is 1.96. The molecule has 0 heterocycles. The van der Waals surface area contributed by atoms with Gasteiger partial charge in [-0.25, -0.2) is 0 Å². The van der Waals surface area contributed by atoms with Gasteiger partial charge in [0.2, 0.25) is 0 Å². The number of hydrogen-bond donors (Lipinski definition) is 0. The first-order valence-corrected chi connectivity index (χ1v) is 6.86. The van der Waals surface area contributed by atoms with Gasteiger partial charge < -0.3 is 0 Å². The van der Waals surface area contributed by atoms with Crippen LogP contribution in [0.5, 0.6) is 0 Å². The van der Waals surface area contributed by atoms with E-state index in [1.807, 2.05) is 0 Å². The van der Waals surface area contributed by atoms with E-state index >= 15 is 0 Å². The van der Waals surface area contributed by atoms with Gasteiger partial charge in [0.05, 0.1) is 0 Å². The van der Waals surface area contributed by atoms with Gasteiger partial charge in [-0.15, -0.1) is 0 Å². The molecule has 0 atom stereocenters. The summed E-state index contributed by atoms with van der Waals surface area (Å²) in [6, 6.07) is 4.43. The van der Waals surface area contributed by atoms with Gasteiger partial charge in [-0.3, -0.25) is 0 Å². The third kappa shape index (κ3) is 2.97. The highest BCUT2D eigenvalue weighted by Crippen LogP contribution is 2.24. The van der Waals surface area contributed by atoms with Crippen LogP contribution in [0.4, 0.5) is 0 Å². The Morgan fingerprint density at radius 1 is 1.17 bits per heavy atom. The molecule has 0 saturated carbocycles. The van der Waals surface area contributed by atoms with Gasteiger partial charge in [0.1, 0.15) is 0 Å². The maximum Gasteiger partial charge on any atom is 0.0186 e. The topological polar surface area (TPSA) is 0 Å². The van der Waals surface area contributed by atoms with Crippen LogP contribution in [0.1, 0.15) is 18.9 Å². The van der Waals surface area contributed by atoms with Crippen molar-refractivity contribution in [1.29, 1.82) is 0 Å². The lowest BCUT2D eigenvalue weighted by Gasteiger charge is -2.06. The summed E-state index contributed by atoms with van der Waals surface area (Å²) in [6.45, 7) is 2.17. The minimum absolute atomic E-state index is 1.10. The van der Waals surface area contributed by atoms with Crippen LogP contribution in [-0.2, 0) is 0 Å². The van der Waals surface area contributed by atoms with Crippen LogP contribution in [0, 0.1) is 17.1 Å². The number of hydrogen-bond acceptors (Lipinski definition) is 0. The third-order valence-corrected chi connectivity index (χ3v) is 3.86. The Morgan fingerprint density at radius 3 is 2.08 bits per heavy atom. The van der Waals surface area contributed by atoms with Crippen LogP contribution in [0.2, 0.25) is 0 Å². The molecule has 3 heteroatoms. The minimum Gasteiger partial charge on any atom is -0.0648 e. The van der Waals surface area contributed by atoms with E-state index in [1.54, 1.807) is 0 Å². The lowest BCUT2D eigenvalue weighted by atomic mass is 10.1. The zero-order chi connectivity index (χ0) is 9.14. The summed E-state index contributed by atoms with van der Waals surface area (Å²) < 4.78 is 4.02. The van der Waals surface area contributed by atoms with Crippen molar-refractivity contribution in [1.82, 2.24) is 0 Å². The molecular weight excluding hydrogens is 489 g/mol. The first kappa shape index (κ1) is 11.5. The summed E-state index contributed by atoms with van der Waals surface area (Å²) in [7, 11) is 0. The first-order chi connectivity index (χ1) is 5.65. The third-order valence-electron chi connectivity index (χ3n) is 1.45. The van der Waals surface area contributed by atoms with Crippen molar-refractivity contribution in [3.05, 3.63) is 34.8 Å². The number of halogens is 3. The molecule has 0 saturated heterocycles. The van der Waals surface area contributed by atoms with Crippen molar-refractivity contribution in [2.24, 2.45) is 0 Å². The number of benzene rings is 1. The second-order valence-corrected chi connectivity index (χ2v) is 5.97. The second-order valence-electron chi connectivity index (χ2n) is 2.40. The van der Waals surface area contributed by atoms with Crippen molar-refractivity contribution in [3.8, 4) is 0 Å². The van der Waals surface area contributed by atoms with Crippen LogP contribution in [0.15, 0.2) is 12.1 Å². The summed E-state index contributed by atoms with van der Waals surface area (Å²) in [6.07, 6.45) is 3.38. The molecule has 0 bridgehead atoms. The summed E-state index contributed by atoms with van der Waals surface area (Å²) >= 11 is 7.14. The average molecular weight is 497 g/mol. The van der Waals surface area contributed by atoms with E-state index in [0.717, 1.165) is 6.42 Å².